The summed E-state index contributed by atoms with van der Waals surface area (Å²) in [5, 5.41) is 6.20. The fourth-order valence-electron chi connectivity index (χ4n) is 1.94. The number of anilines is 1. The molecule has 0 bridgehead atoms. The van der Waals surface area contributed by atoms with Gasteiger partial charge in [0.05, 0.1) is 6.42 Å². The van der Waals surface area contributed by atoms with Gasteiger partial charge in [0.2, 0.25) is 5.91 Å². The van der Waals surface area contributed by atoms with Crippen LogP contribution in [0.5, 0.6) is 0 Å². The highest BCUT2D eigenvalue weighted by molar-refractivity contribution is 7.99. The Bertz CT molecular complexity index is 389. The first-order chi connectivity index (χ1) is 8.29. The average Bonchev–Trinajstić information content (AvgIpc) is 2.84. The summed E-state index contributed by atoms with van der Waals surface area (Å²) >= 11 is 1.98. The minimum atomic E-state index is 0.0556. The summed E-state index contributed by atoms with van der Waals surface area (Å²) in [6, 6.07) is 8.61. The number of carbonyl (C=O) groups is 1. The average molecular weight is 250 g/mol. The molecule has 4 heteroatoms. The maximum absolute atomic E-state index is 11.4. The van der Waals surface area contributed by atoms with Gasteiger partial charge in [-0.05, 0) is 23.8 Å². The molecule has 1 fully saturated rings. The predicted octanol–water partition coefficient (Wildman–Crippen LogP) is 1.89. The van der Waals surface area contributed by atoms with Gasteiger partial charge in [-0.25, -0.2) is 0 Å². The largest absolute Gasteiger partial charge is 0.381 e. The third kappa shape index (κ3) is 3.40. The Morgan fingerprint density at radius 2 is 2.29 bits per heavy atom. The molecule has 0 saturated carbocycles. The highest BCUT2D eigenvalue weighted by atomic mass is 32.2. The first-order valence-electron chi connectivity index (χ1n) is 5.92. The van der Waals surface area contributed by atoms with E-state index in [1.807, 2.05) is 30.0 Å². The van der Waals surface area contributed by atoms with E-state index in [4.69, 9.17) is 0 Å². The number of nitrogens with one attached hydrogen (secondary N) is 2. The second-order valence-corrected chi connectivity index (χ2v) is 5.36. The molecule has 1 amide bonds. The molecule has 3 nitrogen and oxygen atoms in total. The van der Waals surface area contributed by atoms with Gasteiger partial charge in [-0.3, -0.25) is 4.79 Å². The molecule has 17 heavy (non-hydrogen) atoms. The van der Waals surface area contributed by atoms with E-state index in [-0.39, 0.29) is 5.91 Å². The van der Waals surface area contributed by atoms with Crippen molar-refractivity contribution < 1.29 is 4.79 Å². The van der Waals surface area contributed by atoms with Crippen LogP contribution in [0.2, 0.25) is 0 Å². The number of para-hydroxylation sites is 1. The quantitative estimate of drug-likeness (QED) is 0.857. The second kappa shape index (κ2) is 5.96. The van der Waals surface area contributed by atoms with Gasteiger partial charge in [-0.15, -0.1) is 0 Å². The molecule has 0 aromatic heterocycles. The molecule has 0 spiro atoms. The van der Waals surface area contributed by atoms with Crippen molar-refractivity contribution in [3.05, 3.63) is 29.8 Å². The van der Waals surface area contributed by atoms with E-state index in [1.54, 1.807) is 7.05 Å². The van der Waals surface area contributed by atoms with Crippen LogP contribution in [0.3, 0.4) is 0 Å². The van der Waals surface area contributed by atoms with Gasteiger partial charge in [0.1, 0.15) is 0 Å². The zero-order valence-electron chi connectivity index (χ0n) is 10.0. The number of thioether (sulfide) groups is 1. The SMILES string of the molecule is CNC(=O)Cc1ccccc1NC1CCSC1. The highest BCUT2D eigenvalue weighted by Crippen LogP contribution is 2.23. The van der Waals surface area contributed by atoms with E-state index in [1.165, 1.54) is 12.2 Å². The van der Waals surface area contributed by atoms with Crippen LogP contribution in [-0.4, -0.2) is 30.5 Å². The summed E-state index contributed by atoms with van der Waals surface area (Å²) in [7, 11) is 1.67. The number of hydrogen-bond acceptors (Lipinski definition) is 3. The van der Waals surface area contributed by atoms with E-state index in [9.17, 15) is 4.79 Å². The summed E-state index contributed by atoms with van der Waals surface area (Å²) in [6.07, 6.45) is 1.65. The van der Waals surface area contributed by atoms with Crippen LogP contribution >= 0.6 is 11.8 Å². The first kappa shape index (κ1) is 12.3. The number of amides is 1. The van der Waals surface area contributed by atoms with Gasteiger partial charge in [-0.1, -0.05) is 18.2 Å². The van der Waals surface area contributed by atoms with Crippen molar-refractivity contribution in [2.45, 2.75) is 18.9 Å². The van der Waals surface area contributed by atoms with Crippen LogP contribution in [-0.2, 0) is 11.2 Å². The molecule has 1 aromatic rings. The van der Waals surface area contributed by atoms with Crippen LogP contribution in [0.1, 0.15) is 12.0 Å². The fraction of sp³-hybridized carbons (Fsp3) is 0.462. The summed E-state index contributed by atoms with van der Waals surface area (Å²) in [6.45, 7) is 0. The molecule has 2 N–H and O–H groups in total. The van der Waals surface area contributed by atoms with Crippen molar-refractivity contribution in [3.8, 4) is 0 Å². The van der Waals surface area contributed by atoms with Crippen molar-refractivity contribution in [2.75, 3.05) is 23.9 Å². The highest BCUT2D eigenvalue weighted by Gasteiger charge is 2.16. The Kier molecular flexibility index (Phi) is 4.31. The van der Waals surface area contributed by atoms with Crippen LogP contribution < -0.4 is 10.6 Å². The standard InChI is InChI=1S/C13H18N2OS/c1-14-13(16)8-10-4-2-3-5-12(10)15-11-6-7-17-9-11/h2-5,11,15H,6-9H2,1H3,(H,14,16). The lowest BCUT2D eigenvalue weighted by atomic mass is 10.1. The van der Waals surface area contributed by atoms with Crippen molar-refractivity contribution in [2.24, 2.45) is 0 Å². The third-order valence-corrected chi connectivity index (χ3v) is 4.10. The molecule has 0 radical (unpaired) electrons. The van der Waals surface area contributed by atoms with Gasteiger partial charge in [0.15, 0.2) is 0 Å². The topological polar surface area (TPSA) is 41.1 Å². The second-order valence-electron chi connectivity index (χ2n) is 4.21. The van der Waals surface area contributed by atoms with Gasteiger partial charge in [0.25, 0.3) is 0 Å². The van der Waals surface area contributed by atoms with Crippen molar-refractivity contribution >= 4 is 23.4 Å². The number of rotatable bonds is 4. The van der Waals surface area contributed by atoms with Gasteiger partial charge >= 0.3 is 0 Å². The number of carbonyl (C=O) groups excluding carboxylic acids is 1. The van der Waals surface area contributed by atoms with Crippen LogP contribution in [0.15, 0.2) is 24.3 Å². The molecule has 1 aliphatic rings. The van der Waals surface area contributed by atoms with E-state index in [0.29, 0.717) is 12.5 Å². The molecule has 92 valence electrons. The number of benzene rings is 1. The lowest BCUT2D eigenvalue weighted by Crippen LogP contribution is -2.23. The third-order valence-electron chi connectivity index (χ3n) is 2.94. The van der Waals surface area contributed by atoms with Crippen LogP contribution in [0, 0.1) is 0 Å². The Balaban J connectivity index is 2.06. The van der Waals surface area contributed by atoms with Crippen LogP contribution in [0.25, 0.3) is 0 Å². The van der Waals surface area contributed by atoms with Crippen molar-refractivity contribution in [1.29, 1.82) is 0 Å². The molecule has 2 rings (SSSR count). The Morgan fingerprint density at radius 1 is 1.47 bits per heavy atom. The lowest BCUT2D eigenvalue weighted by Gasteiger charge is -2.16. The minimum absolute atomic E-state index is 0.0556. The molecule has 1 atom stereocenters. The minimum Gasteiger partial charge on any atom is -0.381 e. The lowest BCUT2D eigenvalue weighted by molar-refractivity contribution is -0.119. The zero-order chi connectivity index (χ0) is 12.1. The molecule has 1 heterocycles. The maximum atomic E-state index is 11.4. The monoisotopic (exact) mass is 250 g/mol. The van der Waals surface area contributed by atoms with Crippen molar-refractivity contribution in [3.63, 3.8) is 0 Å². The molecule has 0 aliphatic carbocycles. The smallest absolute Gasteiger partial charge is 0.224 e. The van der Waals surface area contributed by atoms with E-state index in [0.717, 1.165) is 17.0 Å². The molecule has 1 aromatic carbocycles. The fourth-order valence-corrected chi connectivity index (χ4v) is 3.10. The Morgan fingerprint density at radius 3 is 3.00 bits per heavy atom. The molecular formula is C13H18N2OS. The molecule has 1 aliphatic heterocycles. The summed E-state index contributed by atoms with van der Waals surface area (Å²) < 4.78 is 0. The van der Waals surface area contributed by atoms with E-state index < -0.39 is 0 Å². The maximum Gasteiger partial charge on any atom is 0.224 e. The van der Waals surface area contributed by atoms with Crippen molar-refractivity contribution in [1.82, 2.24) is 5.32 Å². The summed E-state index contributed by atoms with van der Waals surface area (Å²) in [4.78, 5) is 11.4. The van der Waals surface area contributed by atoms with Gasteiger partial charge in [-0.2, -0.15) is 11.8 Å². The van der Waals surface area contributed by atoms with Gasteiger partial charge < -0.3 is 10.6 Å². The van der Waals surface area contributed by atoms with E-state index in [2.05, 4.69) is 16.7 Å². The number of likely N-dealkylation sites (N-methyl/N-ethyl adjacent to an activating group) is 1. The van der Waals surface area contributed by atoms with Crippen LogP contribution in [0.4, 0.5) is 5.69 Å². The Labute approximate surface area is 106 Å². The molecule has 1 unspecified atom stereocenters. The zero-order valence-corrected chi connectivity index (χ0v) is 10.8. The summed E-state index contributed by atoms with van der Waals surface area (Å²) in [5.41, 5.74) is 2.17. The molecule has 1 saturated heterocycles. The van der Waals surface area contributed by atoms with Gasteiger partial charge in [0, 0.05) is 24.5 Å². The predicted molar refractivity (Wildman–Crippen MR) is 73.6 cm³/mol. The first-order valence-corrected chi connectivity index (χ1v) is 7.08. The number of hydrogen-bond donors (Lipinski definition) is 2. The van der Waals surface area contributed by atoms with E-state index >= 15 is 0 Å². The Hall–Kier alpha value is -1.16. The molecular weight excluding hydrogens is 232 g/mol. The summed E-state index contributed by atoms with van der Waals surface area (Å²) in [5.74, 6) is 2.45. The normalized spacial score (nSPS) is 19.0.